The SMILES string of the molecule is CCCCCCCCC(=O)C(C)CCCC. The zero-order valence-electron chi connectivity index (χ0n) is 11.6. The van der Waals surface area contributed by atoms with E-state index >= 15 is 0 Å². The van der Waals surface area contributed by atoms with E-state index in [2.05, 4.69) is 20.8 Å². The third kappa shape index (κ3) is 8.94. The van der Waals surface area contributed by atoms with Crippen LogP contribution in [-0.4, -0.2) is 5.78 Å². The second-order valence-corrected chi connectivity index (χ2v) is 5.03. The lowest BCUT2D eigenvalue weighted by molar-refractivity contribution is -0.122. The number of carbonyl (C=O) groups excluding carboxylic acids is 1. The van der Waals surface area contributed by atoms with Crippen LogP contribution in [0.4, 0.5) is 0 Å². The number of hydrogen-bond donors (Lipinski definition) is 0. The molecule has 96 valence electrons. The smallest absolute Gasteiger partial charge is 0.135 e. The highest BCUT2D eigenvalue weighted by atomic mass is 16.1. The van der Waals surface area contributed by atoms with Gasteiger partial charge in [-0.05, 0) is 12.8 Å². The first kappa shape index (κ1) is 15.7. The Hall–Kier alpha value is -0.330. The Labute approximate surface area is 102 Å². The molecule has 0 aliphatic carbocycles. The van der Waals surface area contributed by atoms with E-state index < -0.39 is 0 Å². The van der Waals surface area contributed by atoms with Gasteiger partial charge in [-0.3, -0.25) is 4.79 Å². The van der Waals surface area contributed by atoms with Crippen molar-refractivity contribution in [2.75, 3.05) is 0 Å². The van der Waals surface area contributed by atoms with E-state index in [-0.39, 0.29) is 0 Å². The minimum Gasteiger partial charge on any atom is -0.299 e. The number of unbranched alkanes of at least 4 members (excludes halogenated alkanes) is 6. The highest BCUT2D eigenvalue weighted by Gasteiger charge is 2.11. The summed E-state index contributed by atoms with van der Waals surface area (Å²) >= 11 is 0. The number of hydrogen-bond acceptors (Lipinski definition) is 1. The van der Waals surface area contributed by atoms with E-state index in [1.165, 1.54) is 44.9 Å². The molecule has 0 radical (unpaired) electrons. The Bertz CT molecular complexity index is 163. The molecule has 0 saturated carbocycles. The maximum Gasteiger partial charge on any atom is 0.135 e. The van der Waals surface area contributed by atoms with Crippen LogP contribution in [0.2, 0.25) is 0 Å². The fourth-order valence-electron chi connectivity index (χ4n) is 2.00. The third-order valence-corrected chi connectivity index (χ3v) is 3.32. The number of ketones is 1. The van der Waals surface area contributed by atoms with Crippen molar-refractivity contribution >= 4 is 5.78 Å². The zero-order valence-corrected chi connectivity index (χ0v) is 11.6. The molecule has 0 aliphatic heterocycles. The molecule has 0 aromatic heterocycles. The molecule has 0 aliphatic rings. The molecular weight excluding hydrogens is 196 g/mol. The summed E-state index contributed by atoms with van der Waals surface area (Å²) in [6.07, 6.45) is 12.0. The molecule has 0 saturated heterocycles. The van der Waals surface area contributed by atoms with Crippen LogP contribution < -0.4 is 0 Å². The molecule has 1 atom stereocenters. The van der Waals surface area contributed by atoms with Crippen molar-refractivity contribution in [2.24, 2.45) is 5.92 Å². The van der Waals surface area contributed by atoms with Gasteiger partial charge in [0, 0.05) is 12.3 Å². The van der Waals surface area contributed by atoms with E-state index in [1.807, 2.05) is 0 Å². The second kappa shape index (κ2) is 11.2. The van der Waals surface area contributed by atoms with Crippen molar-refractivity contribution in [3.63, 3.8) is 0 Å². The summed E-state index contributed by atoms with van der Waals surface area (Å²) in [5.74, 6) is 0.791. The van der Waals surface area contributed by atoms with Gasteiger partial charge >= 0.3 is 0 Å². The number of Topliss-reactive ketones (excluding diaryl/α,β-unsaturated/α-hetero) is 1. The lowest BCUT2D eigenvalue weighted by Gasteiger charge is -2.09. The summed E-state index contributed by atoms with van der Waals surface area (Å²) in [6.45, 7) is 6.51. The topological polar surface area (TPSA) is 17.1 Å². The van der Waals surface area contributed by atoms with Gasteiger partial charge in [-0.25, -0.2) is 0 Å². The van der Waals surface area contributed by atoms with E-state index in [4.69, 9.17) is 0 Å². The first-order chi connectivity index (χ1) is 7.72. The molecule has 0 aromatic carbocycles. The highest BCUT2D eigenvalue weighted by molar-refractivity contribution is 5.80. The molecule has 0 N–H and O–H groups in total. The lowest BCUT2D eigenvalue weighted by atomic mass is 9.95. The Kier molecular flexibility index (Phi) is 10.9. The van der Waals surface area contributed by atoms with E-state index in [9.17, 15) is 4.79 Å². The predicted molar refractivity (Wildman–Crippen MR) is 71.7 cm³/mol. The van der Waals surface area contributed by atoms with Crippen molar-refractivity contribution in [2.45, 2.75) is 85.0 Å². The van der Waals surface area contributed by atoms with Crippen molar-refractivity contribution in [3.8, 4) is 0 Å². The van der Waals surface area contributed by atoms with Gasteiger partial charge in [-0.1, -0.05) is 65.7 Å². The summed E-state index contributed by atoms with van der Waals surface area (Å²) in [7, 11) is 0. The molecule has 0 aromatic rings. The first-order valence-electron chi connectivity index (χ1n) is 7.25. The average molecular weight is 226 g/mol. The maximum atomic E-state index is 11.7. The Morgan fingerprint density at radius 1 is 0.875 bits per heavy atom. The molecule has 0 rings (SSSR count). The summed E-state index contributed by atoms with van der Waals surface area (Å²) in [5.41, 5.74) is 0. The summed E-state index contributed by atoms with van der Waals surface area (Å²) in [6, 6.07) is 0. The molecule has 0 bridgehead atoms. The van der Waals surface area contributed by atoms with Crippen LogP contribution in [0.3, 0.4) is 0 Å². The standard InChI is InChI=1S/C15H30O/c1-4-6-8-9-10-11-13-15(16)14(3)12-7-5-2/h14H,4-13H2,1-3H3. The Morgan fingerprint density at radius 2 is 1.44 bits per heavy atom. The Balaban J connectivity index is 3.35. The van der Waals surface area contributed by atoms with Gasteiger partial charge in [-0.2, -0.15) is 0 Å². The fourth-order valence-corrected chi connectivity index (χ4v) is 2.00. The predicted octanol–water partition coefficient (Wildman–Crippen LogP) is 5.13. The minimum absolute atomic E-state index is 0.301. The second-order valence-electron chi connectivity index (χ2n) is 5.03. The minimum atomic E-state index is 0.301. The summed E-state index contributed by atoms with van der Waals surface area (Å²) < 4.78 is 0. The van der Waals surface area contributed by atoms with Crippen LogP contribution in [0, 0.1) is 5.92 Å². The van der Waals surface area contributed by atoms with Gasteiger partial charge in [0.1, 0.15) is 5.78 Å². The first-order valence-corrected chi connectivity index (χ1v) is 7.25. The normalized spacial score (nSPS) is 12.7. The van der Waals surface area contributed by atoms with E-state index in [1.54, 1.807) is 0 Å². The quantitative estimate of drug-likeness (QED) is 0.446. The molecule has 1 unspecified atom stereocenters. The van der Waals surface area contributed by atoms with Crippen molar-refractivity contribution in [1.82, 2.24) is 0 Å². The fraction of sp³-hybridized carbons (Fsp3) is 0.933. The van der Waals surface area contributed by atoms with Crippen LogP contribution in [0.5, 0.6) is 0 Å². The molecular formula is C15H30O. The van der Waals surface area contributed by atoms with Gasteiger partial charge in [-0.15, -0.1) is 0 Å². The zero-order chi connectivity index (χ0) is 12.2. The van der Waals surface area contributed by atoms with Crippen LogP contribution in [-0.2, 0) is 4.79 Å². The van der Waals surface area contributed by atoms with Gasteiger partial charge in [0.2, 0.25) is 0 Å². The van der Waals surface area contributed by atoms with Gasteiger partial charge in [0.25, 0.3) is 0 Å². The monoisotopic (exact) mass is 226 g/mol. The van der Waals surface area contributed by atoms with Gasteiger partial charge < -0.3 is 0 Å². The maximum absolute atomic E-state index is 11.7. The molecule has 0 amide bonds. The summed E-state index contributed by atoms with van der Waals surface area (Å²) in [5, 5.41) is 0. The number of carbonyl (C=O) groups is 1. The van der Waals surface area contributed by atoms with Gasteiger partial charge in [0.05, 0.1) is 0 Å². The van der Waals surface area contributed by atoms with Gasteiger partial charge in [0.15, 0.2) is 0 Å². The molecule has 16 heavy (non-hydrogen) atoms. The van der Waals surface area contributed by atoms with E-state index in [0.717, 1.165) is 19.3 Å². The molecule has 0 heterocycles. The third-order valence-electron chi connectivity index (χ3n) is 3.32. The average Bonchev–Trinajstić information content (AvgIpc) is 2.30. The summed E-state index contributed by atoms with van der Waals surface area (Å²) in [4.78, 5) is 11.7. The van der Waals surface area contributed by atoms with Crippen molar-refractivity contribution < 1.29 is 4.79 Å². The Morgan fingerprint density at radius 3 is 2.06 bits per heavy atom. The van der Waals surface area contributed by atoms with Crippen molar-refractivity contribution in [1.29, 1.82) is 0 Å². The van der Waals surface area contributed by atoms with E-state index in [0.29, 0.717) is 11.7 Å². The highest BCUT2D eigenvalue weighted by Crippen LogP contribution is 2.14. The van der Waals surface area contributed by atoms with Crippen LogP contribution in [0.15, 0.2) is 0 Å². The molecule has 0 fully saturated rings. The molecule has 1 heteroatoms. The number of rotatable bonds is 11. The molecule has 1 nitrogen and oxygen atoms in total. The van der Waals surface area contributed by atoms with Crippen molar-refractivity contribution in [3.05, 3.63) is 0 Å². The van der Waals surface area contributed by atoms with Crippen LogP contribution in [0.25, 0.3) is 0 Å². The van der Waals surface area contributed by atoms with Crippen LogP contribution >= 0.6 is 0 Å². The van der Waals surface area contributed by atoms with Crippen LogP contribution in [0.1, 0.15) is 85.0 Å². The lowest BCUT2D eigenvalue weighted by Crippen LogP contribution is -2.10. The largest absolute Gasteiger partial charge is 0.299 e. The molecule has 0 spiro atoms.